The molecule has 0 aromatic heterocycles. The summed E-state index contributed by atoms with van der Waals surface area (Å²) in [5, 5.41) is 0. The van der Waals surface area contributed by atoms with Gasteiger partial charge in [0.15, 0.2) is 5.76 Å². The van der Waals surface area contributed by atoms with Crippen LogP contribution in [0.3, 0.4) is 0 Å². The molecule has 5 heteroatoms. The van der Waals surface area contributed by atoms with Crippen LogP contribution in [0.2, 0.25) is 0 Å². The van der Waals surface area contributed by atoms with Crippen molar-refractivity contribution in [1.29, 1.82) is 0 Å². The zero-order valence-electron chi connectivity index (χ0n) is 11.5. The van der Waals surface area contributed by atoms with E-state index in [0.717, 1.165) is 18.4 Å². The second kappa shape index (κ2) is 4.81. The van der Waals surface area contributed by atoms with Crippen molar-refractivity contribution in [3.8, 4) is 0 Å². The quantitative estimate of drug-likeness (QED) is 0.438. The summed E-state index contributed by atoms with van der Waals surface area (Å²) in [5.41, 5.74) is 2.12. The van der Waals surface area contributed by atoms with Crippen LogP contribution in [0.4, 0.5) is 0 Å². The minimum atomic E-state index is -0.742. The van der Waals surface area contributed by atoms with Crippen molar-refractivity contribution >= 4 is 11.8 Å². The molecule has 0 aromatic carbocycles. The van der Waals surface area contributed by atoms with Crippen LogP contribution in [0.25, 0.3) is 0 Å². The predicted molar refractivity (Wildman–Crippen MR) is 69.2 cm³/mol. The highest BCUT2D eigenvalue weighted by Crippen LogP contribution is 2.39. The van der Waals surface area contributed by atoms with Crippen LogP contribution in [-0.4, -0.2) is 24.6 Å². The van der Waals surface area contributed by atoms with Gasteiger partial charge in [0, 0.05) is 23.1 Å². The first-order valence-electron chi connectivity index (χ1n) is 6.73. The third-order valence-corrected chi connectivity index (χ3v) is 3.85. The van der Waals surface area contributed by atoms with E-state index in [0.29, 0.717) is 23.5 Å². The van der Waals surface area contributed by atoms with Crippen molar-refractivity contribution in [2.45, 2.75) is 33.0 Å². The van der Waals surface area contributed by atoms with Gasteiger partial charge in [-0.25, -0.2) is 4.79 Å². The maximum Gasteiger partial charge on any atom is 0.336 e. The van der Waals surface area contributed by atoms with Crippen molar-refractivity contribution in [3.05, 3.63) is 34.8 Å². The highest BCUT2D eigenvalue weighted by atomic mass is 16.7. The first kappa shape index (κ1) is 13.0. The minimum absolute atomic E-state index is 0.0000175. The van der Waals surface area contributed by atoms with E-state index in [4.69, 9.17) is 14.2 Å². The van der Waals surface area contributed by atoms with Gasteiger partial charge in [-0.05, 0) is 25.3 Å². The Morgan fingerprint density at radius 1 is 1.40 bits per heavy atom. The maximum atomic E-state index is 12.2. The van der Waals surface area contributed by atoms with Crippen LogP contribution in [-0.2, 0) is 23.8 Å². The van der Waals surface area contributed by atoms with Crippen LogP contribution in [0, 0.1) is 5.92 Å². The number of cyclic esters (lactones) is 1. The average molecular weight is 276 g/mol. The Morgan fingerprint density at radius 3 is 2.85 bits per heavy atom. The summed E-state index contributed by atoms with van der Waals surface area (Å²) in [6, 6.07) is 0. The number of carbonyl (C=O) groups is 2. The summed E-state index contributed by atoms with van der Waals surface area (Å²) in [4.78, 5) is 23.5. The lowest BCUT2D eigenvalue weighted by molar-refractivity contribution is -0.152. The van der Waals surface area contributed by atoms with E-state index < -0.39 is 6.29 Å². The van der Waals surface area contributed by atoms with E-state index in [9.17, 15) is 9.59 Å². The molecular formula is C15H16O5. The zero-order valence-corrected chi connectivity index (χ0v) is 11.5. The molecule has 3 rings (SSSR count). The van der Waals surface area contributed by atoms with Gasteiger partial charge in [0.2, 0.25) is 5.78 Å². The lowest BCUT2D eigenvalue weighted by Gasteiger charge is -2.16. The fourth-order valence-electron chi connectivity index (χ4n) is 2.65. The molecule has 3 aliphatic rings. The third-order valence-electron chi connectivity index (χ3n) is 3.85. The number of ketones is 1. The van der Waals surface area contributed by atoms with Crippen molar-refractivity contribution in [2.75, 3.05) is 6.61 Å². The molecular weight excluding hydrogens is 260 g/mol. The SMILES string of the molecule is CC1=CC(O/C=C2/C(=O)C3=C(CCCO3)C2C)OC1=O. The van der Waals surface area contributed by atoms with E-state index in [2.05, 4.69) is 0 Å². The Morgan fingerprint density at radius 2 is 2.20 bits per heavy atom. The van der Waals surface area contributed by atoms with Crippen molar-refractivity contribution in [3.63, 3.8) is 0 Å². The van der Waals surface area contributed by atoms with E-state index in [1.54, 1.807) is 13.0 Å². The molecule has 0 radical (unpaired) electrons. The first-order valence-corrected chi connectivity index (χ1v) is 6.73. The highest BCUT2D eigenvalue weighted by molar-refractivity contribution is 6.11. The standard InChI is InChI=1S/C15H16O5/c1-8-6-12(20-15(8)17)19-7-11-9(2)10-4-3-5-18-14(10)13(11)16/h6-7,9,12H,3-5H2,1-2H3/b11-7+. The number of carbonyl (C=O) groups excluding carboxylic acids is 2. The molecule has 1 aliphatic carbocycles. The molecule has 0 saturated carbocycles. The summed E-state index contributed by atoms with van der Waals surface area (Å²) >= 11 is 0. The largest absolute Gasteiger partial charge is 0.489 e. The van der Waals surface area contributed by atoms with Crippen molar-refractivity contribution in [2.24, 2.45) is 5.92 Å². The normalized spacial score (nSPS) is 31.1. The van der Waals surface area contributed by atoms with Crippen LogP contribution >= 0.6 is 0 Å². The lowest BCUT2D eigenvalue weighted by atomic mass is 9.96. The van der Waals surface area contributed by atoms with Gasteiger partial charge in [-0.15, -0.1) is 0 Å². The van der Waals surface area contributed by atoms with Crippen molar-refractivity contribution < 1.29 is 23.8 Å². The Kier molecular flexibility index (Phi) is 3.12. The topological polar surface area (TPSA) is 61.8 Å². The summed E-state index contributed by atoms with van der Waals surface area (Å²) in [6.45, 7) is 4.22. The molecule has 2 aliphatic heterocycles. The molecule has 0 fully saturated rings. The van der Waals surface area contributed by atoms with Crippen LogP contribution in [0.1, 0.15) is 26.7 Å². The van der Waals surface area contributed by atoms with E-state index in [-0.39, 0.29) is 17.7 Å². The minimum Gasteiger partial charge on any atom is -0.489 e. The number of allylic oxidation sites excluding steroid dienone is 2. The molecule has 2 unspecified atom stereocenters. The zero-order chi connectivity index (χ0) is 14.3. The molecule has 0 amide bonds. The van der Waals surface area contributed by atoms with Crippen LogP contribution in [0.15, 0.2) is 34.8 Å². The van der Waals surface area contributed by atoms with Gasteiger partial charge < -0.3 is 14.2 Å². The Balaban J connectivity index is 1.74. The molecule has 0 N–H and O–H groups in total. The van der Waals surface area contributed by atoms with E-state index >= 15 is 0 Å². The first-order chi connectivity index (χ1) is 9.58. The fraction of sp³-hybridized carbons (Fsp3) is 0.467. The van der Waals surface area contributed by atoms with Gasteiger partial charge in [0.1, 0.15) is 0 Å². The van der Waals surface area contributed by atoms with Crippen LogP contribution in [0.5, 0.6) is 0 Å². The Bertz CT molecular complexity index is 567. The smallest absolute Gasteiger partial charge is 0.336 e. The van der Waals surface area contributed by atoms with Crippen molar-refractivity contribution in [1.82, 2.24) is 0 Å². The van der Waals surface area contributed by atoms with Gasteiger partial charge in [-0.1, -0.05) is 6.92 Å². The number of esters is 1. The maximum absolute atomic E-state index is 12.2. The molecule has 2 atom stereocenters. The van der Waals surface area contributed by atoms with E-state index in [1.807, 2.05) is 6.92 Å². The number of hydrogen-bond donors (Lipinski definition) is 0. The number of Topliss-reactive ketones (excluding diaryl/α,β-unsaturated/α-hetero) is 1. The molecule has 2 heterocycles. The van der Waals surface area contributed by atoms with E-state index in [1.165, 1.54) is 6.26 Å². The molecule has 0 bridgehead atoms. The monoisotopic (exact) mass is 276 g/mol. The van der Waals surface area contributed by atoms with Gasteiger partial charge in [0.05, 0.1) is 12.9 Å². The van der Waals surface area contributed by atoms with Gasteiger partial charge in [-0.3, -0.25) is 4.79 Å². The van der Waals surface area contributed by atoms with Gasteiger partial charge >= 0.3 is 5.97 Å². The molecule has 0 aromatic rings. The van der Waals surface area contributed by atoms with Gasteiger partial charge in [0.25, 0.3) is 6.29 Å². The summed E-state index contributed by atoms with van der Waals surface area (Å²) in [5.74, 6) is -0.0223. The predicted octanol–water partition coefficient (Wildman–Crippen LogP) is 2.00. The number of ether oxygens (including phenoxy) is 3. The Labute approximate surface area is 116 Å². The van der Waals surface area contributed by atoms with Crippen LogP contribution < -0.4 is 0 Å². The summed E-state index contributed by atoms with van der Waals surface area (Å²) in [7, 11) is 0. The second-order valence-corrected chi connectivity index (χ2v) is 5.19. The number of hydrogen-bond acceptors (Lipinski definition) is 5. The Hall–Kier alpha value is -2.04. The molecule has 20 heavy (non-hydrogen) atoms. The highest BCUT2D eigenvalue weighted by Gasteiger charge is 2.38. The average Bonchev–Trinajstić information content (AvgIpc) is 2.88. The molecule has 5 nitrogen and oxygen atoms in total. The number of rotatable bonds is 2. The fourth-order valence-corrected chi connectivity index (χ4v) is 2.65. The third kappa shape index (κ3) is 2.03. The van der Waals surface area contributed by atoms with Gasteiger partial charge in [-0.2, -0.15) is 0 Å². The molecule has 106 valence electrons. The summed E-state index contributed by atoms with van der Waals surface area (Å²) < 4.78 is 15.8. The molecule has 0 spiro atoms. The second-order valence-electron chi connectivity index (χ2n) is 5.19. The molecule has 0 saturated heterocycles. The lowest BCUT2D eigenvalue weighted by Crippen LogP contribution is -2.12. The summed E-state index contributed by atoms with van der Waals surface area (Å²) in [6.07, 6.45) is 4.08.